The van der Waals surface area contributed by atoms with Crippen molar-refractivity contribution in [3.63, 3.8) is 0 Å². The number of benzene rings is 2. The molecule has 2 aromatic carbocycles. The number of fused-ring (bicyclic) bond motifs is 1. The van der Waals surface area contributed by atoms with Crippen LogP contribution in [0, 0.1) is 5.82 Å². The van der Waals surface area contributed by atoms with E-state index in [0.29, 0.717) is 12.4 Å². The van der Waals surface area contributed by atoms with Gasteiger partial charge in [0.1, 0.15) is 11.6 Å². The van der Waals surface area contributed by atoms with Crippen molar-refractivity contribution in [2.24, 2.45) is 0 Å². The van der Waals surface area contributed by atoms with E-state index in [4.69, 9.17) is 10.5 Å². The number of halogens is 1. The van der Waals surface area contributed by atoms with E-state index in [9.17, 15) is 4.39 Å². The van der Waals surface area contributed by atoms with Crippen LogP contribution in [0.5, 0.6) is 5.75 Å². The number of nitrogen functional groups attached to an aromatic ring is 1. The Balaban J connectivity index is 1.78. The van der Waals surface area contributed by atoms with Gasteiger partial charge in [0.15, 0.2) is 0 Å². The molecule has 2 atom stereocenters. The molecule has 0 fully saturated rings. The number of nitrogens with two attached hydrogens (primary N) is 1. The maximum absolute atomic E-state index is 13.3. The summed E-state index contributed by atoms with van der Waals surface area (Å²) in [5, 5.41) is 7.67. The lowest BCUT2D eigenvalue weighted by Crippen LogP contribution is -2.28. The molecule has 4 rings (SSSR count). The maximum Gasteiger partial charge on any atom is 0.241 e. The van der Waals surface area contributed by atoms with Crippen LogP contribution in [0.1, 0.15) is 29.6 Å². The molecule has 1 aliphatic rings. The number of aromatic nitrogens is 3. The lowest BCUT2D eigenvalue weighted by molar-refractivity contribution is 0.380. The number of hydrogen-bond acceptors (Lipinski definition) is 5. The standard InChI is InChI=1S/C18H18FN5O/c1-25-16-5-3-2-4-13(16)15-10-14(11-6-8-12(19)9-7-11)21-18-22-17(20)23-24(15)18/h2-9,14-15H,10H2,1H3,(H3,20,21,22,23)/t14-,15-/m1/s1. The molecule has 0 unspecified atom stereocenters. The fourth-order valence-corrected chi connectivity index (χ4v) is 3.31. The highest BCUT2D eigenvalue weighted by atomic mass is 19.1. The van der Waals surface area contributed by atoms with Crippen molar-refractivity contribution in [2.75, 3.05) is 18.2 Å². The van der Waals surface area contributed by atoms with Crippen LogP contribution >= 0.6 is 0 Å². The summed E-state index contributed by atoms with van der Waals surface area (Å²) < 4.78 is 20.6. The van der Waals surface area contributed by atoms with Gasteiger partial charge in [0.25, 0.3) is 0 Å². The van der Waals surface area contributed by atoms with E-state index in [1.807, 2.05) is 24.3 Å². The SMILES string of the molecule is COc1ccccc1[C@H]1C[C@H](c2ccc(F)cc2)Nc2nc(N)nn21. The van der Waals surface area contributed by atoms with E-state index in [1.54, 1.807) is 23.9 Å². The molecule has 0 saturated carbocycles. The second-order valence-electron chi connectivity index (χ2n) is 5.98. The summed E-state index contributed by atoms with van der Waals surface area (Å²) in [4.78, 5) is 4.28. The molecule has 3 aromatic rings. The first-order chi connectivity index (χ1) is 12.2. The fraction of sp³-hybridized carbons (Fsp3) is 0.222. The number of nitrogens with zero attached hydrogens (tertiary/aromatic N) is 3. The number of hydrogen-bond donors (Lipinski definition) is 2. The summed E-state index contributed by atoms with van der Waals surface area (Å²) in [6.07, 6.45) is 0.710. The predicted molar refractivity (Wildman–Crippen MR) is 92.9 cm³/mol. The Labute approximate surface area is 144 Å². The van der Waals surface area contributed by atoms with Crippen LogP contribution in [-0.2, 0) is 0 Å². The van der Waals surface area contributed by atoms with E-state index in [0.717, 1.165) is 16.9 Å². The second kappa shape index (κ2) is 6.08. The van der Waals surface area contributed by atoms with Gasteiger partial charge in [-0.2, -0.15) is 4.98 Å². The monoisotopic (exact) mass is 339 g/mol. The van der Waals surface area contributed by atoms with Crippen molar-refractivity contribution in [2.45, 2.75) is 18.5 Å². The summed E-state index contributed by atoms with van der Waals surface area (Å²) in [5.41, 5.74) is 7.79. The third kappa shape index (κ3) is 2.77. The van der Waals surface area contributed by atoms with Gasteiger partial charge < -0.3 is 15.8 Å². The number of para-hydroxylation sites is 1. The van der Waals surface area contributed by atoms with Crippen LogP contribution in [-0.4, -0.2) is 21.9 Å². The molecule has 0 amide bonds. The molecule has 7 heteroatoms. The zero-order chi connectivity index (χ0) is 17.4. The average Bonchev–Trinajstić information content (AvgIpc) is 3.01. The zero-order valence-corrected chi connectivity index (χ0v) is 13.7. The van der Waals surface area contributed by atoms with Gasteiger partial charge in [0, 0.05) is 5.56 Å². The Hall–Kier alpha value is -3.09. The van der Waals surface area contributed by atoms with Gasteiger partial charge in [-0.05, 0) is 30.2 Å². The van der Waals surface area contributed by atoms with Crippen molar-refractivity contribution >= 4 is 11.9 Å². The van der Waals surface area contributed by atoms with Crippen molar-refractivity contribution < 1.29 is 9.13 Å². The van der Waals surface area contributed by atoms with Gasteiger partial charge in [-0.1, -0.05) is 30.3 Å². The first-order valence-corrected chi connectivity index (χ1v) is 8.02. The van der Waals surface area contributed by atoms with Gasteiger partial charge in [-0.25, -0.2) is 9.07 Å². The smallest absolute Gasteiger partial charge is 0.241 e. The van der Waals surface area contributed by atoms with Crippen LogP contribution in [0.2, 0.25) is 0 Å². The second-order valence-corrected chi connectivity index (χ2v) is 5.98. The number of nitrogens with one attached hydrogen (secondary N) is 1. The lowest BCUT2D eigenvalue weighted by atomic mass is 9.93. The van der Waals surface area contributed by atoms with E-state index >= 15 is 0 Å². The number of rotatable bonds is 3. The highest BCUT2D eigenvalue weighted by molar-refractivity contribution is 5.44. The number of ether oxygens (including phenoxy) is 1. The molecule has 0 radical (unpaired) electrons. The fourth-order valence-electron chi connectivity index (χ4n) is 3.31. The van der Waals surface area contributed by atoms with Crippen LogP contribution in [0.3, 0.4) is 0 Å². The van der Waals surface area contributed by atoms with Crippen LogP contribution in [0.4, 0.5) is 16.3 Å². The van der Waals surface area contributed by atoms with Crippen molar-refractivity contribution in [3.05, 3.63) is 65.5 Å². The van der Waals surface area contributed by atoms with Gasteiger partial charge in [0.05, 0.1) is 19.2 Å². The zero-order valence-electron chi connectivity index (χ0n) is 13.7. The molecule has 128 valence electrons. The Kier molecular flexibility index (Phi) is 3.76. The van der Waals surface area contributed by atoms with E-state index < -0.39 is 0 Å². The Bertz CT molecular complexity index is 893. The minimum Gasteiger partial charge on any atom is -0.496 e. The Morgan fingerprint density at radius 2 is 1.96 bits per heavy atom. The maximum atomic E-state index is 13.3. The topological polar surface area (TPSA) is 78.0 Å². The normalized spacial score (nSPS) is 19.1. The van der Waals surface area contributed by atoms with Crippen LogP contribution in [0.15, 0.2) is 48.5 Å². The summed E-state index contributed by atoms with van der Waals surface area (Å²) in [6, 6.07) is 14.2. The van der Waals surface area contributed by atoms with Gasteiger partial charge in [-0.15, -0.1) is 5.10 Å². The third-order valence-corrected chi connectivity index (χ3v) is 4.48. The summed E-state index contributed by atoms with van der Waals surface area (Å²) in [6.45, 7) is 0. The molecule has 3 N–H and O–H groups in total. The summed E-state index contributed by atoms with van der Waals surface area (Å²) in [5.74, 6) is 1.33. The molecule has 0 aliphatic carbocycles. The molecule has 1 aliphatic heterocycles. The van der Waals surface area contributed by atoms with Gasteiger partial charge in [-0.3, -0.25) is 0 Å². The average molecular weight is 339 g/mol. The Morgan fingerprint density at radius 3 is 2.72 bits per heavy atom. The molecule has 25 heavy (non-hydrogen) atoms. The molecular formula is C18H18FN5O. The molecule has 0 spiro atoms. The summed E-state index contributed by atoms with van der Waals surface area (Å²) >= 11 is 0. The van der Waals surface area contributed by atoms with Crippen molar-refractivity contribution in [1.82, 2.24) is 14.8 Å². The van der Waals surface area contributed by atoms with E-state index in [2.05, 4.69) is 15.4 Å². The minimum atomic E-state index is -0.256. The quantitative estimate of drug-likeness (QED) is 0.766. The van der Waals surface area contributed by atoms with Crippen LogP contribution < -0.4 is 15.8 Å². The van der Waals surface area contributed by atoms with E-state index in [-0.39, 0.29) is 23.8 Å². The molecule has 1 aromatic heterocycles. The van der Waals surface area contributed by atoms with Crippen molar-refractivity contribution in [1.29, 1.82) is 0 Å². The Morgan fingerprint density at radius 1 is 1.20 bits per heavy atom. The van der Waals surface area contributed by atoms with Gasteiger partial charge >= 0.3 is 0 Å². The highest BCUT2D eigenvalue weighted by Crippen LogP contribution is 2.40. The molecule has 0 bridgehead atoms. The minimum absolute atomic E-state index is 0.0355. The molecule has 0 saturated heterocycles. The van der Waals surface area contributed by atoms with Gasteiger partial charge in [0.2, 0.25) is 11.9 Å². The van der Waals surface area contributed by atoms with Crippen LogP contribution in [0.25, 0.3) is 0 Å². The molecule has 6 nitrogen and oxygen atoms in total. The first-order valence-electron chi connectivity index (χ1n) is 8.02. The number of methoxy groups -OCH3 is 1. The number of anilines is 2. The largest absolute Gasteiger partial charge is 0.496 e. The van der Waals surface area contributed by atoms with E-state index in [1.165, 1.54) is 12.1 Å². The molecular weight excluding hydrogens is 321 g/mol. The highest BCUT2D eigenvalue weighted by Gasteiger charge is 2.32. The predicted octanol–water partition coefficient (Wildman–Crippen LogP) is 3.15. The first kappa shape index (κ1) is 15.4. The molecule has 2 heterocycles. The summed E-state index contributed by atoms with van der Waals surface area (Å²) in [7, 11) is 1.65. The lowest BCUT2D eigenvalue weighted by Gasteiger charge is -2.32. The van der Waals surface area contributed by atoms with Crippen molar-refractivity contribution in [3.8, 4) is 5.75 Å². The third-order valence-electron chi connectivity index (χ3n) is 4.48.